The Labute approximate surface area is 95.7 Å². The van der Waals surface area contributed by atoms with Crippen LogP contribution in [0.25, 0.3) is 0 Å². The molecular formula is C13H17NO2. The van der Waals surface area contributed by atoms with Crippen LogP contribution in [0.5, 0.6) is 5.75 Å². The van der Waals surface area contributed by atoms with Gasteiger partial charge in [0, 0.05) is 18.2 Å². The van der Waals surface area contributed by atoms with Gasteiger partial charge >= 0.3 is 0 Å². The van der Waals surface area contributed by atoms with E-state index in [0.717, 1.165) is 25.8 Å². The Kier molecular flexibility index (Phi) is 3.13. The number of amides is 1. The minimum absolute atomic E-state index is 0.0419. The molecule has 1 aromatic carbocycles. The van der Waals surface area contributed by atoms with Crippen LogP contribution in [0.1, 0.15) is 36.5 Å². The maximum Gasteiger partial charge on any atom is 0.254 e. The molecule has 1 fully saturated rings. The van der Waals surface area contributed by atoms with Crippen LogP contribution in [0, 0.1) is 0 Å². The first-order chi connectivity index (χ1) is 7.72. The quantitative estimate of drug-likeness (QED) is 0.844. The van der Waals surface area contributed by atoms with E-state index in [1.165, 1.54) is 6.07 Å². The molecule has 0 aromatic heterocycles. The fraction of sp³-hybridized carbons (Fsp3) is 0.462. The number of phenols is 1. The number of hydrogen-bond donors (Lipinski definition) is 1. The molecule has 0 heterocycles. The molecule has 0 unspecified atom stereocenters. The number of aromatic hydroxyl groups is 1. The molecule has 0 radical (unpaired) electrons. The van der Waals surface area contributed by atoms with E-state index in [4.69, 9.17) is 0 Å². The van der Waals surface area contributed by atoms with Crippen molar-refractivity contribution in [2.45, 2.75) is 32.2 Å². The van der Waals surface area contributed by atoms with Crippen molar-refractivity contribution < 1.29 is 9.90 Å². The normalized spacial score (nSPS) is 14.8. The minimum Gasteiger partial charge on any atom is -0.508 e. The zero-order valence-corrected chi connectivity index (χ0v) is 9.52. The first kappa shape index (κ1) is 11.0. The summed E-state index contributed by atoms with van der Waals surface area (Å²) >= 11 is 0. The summed E-state index contributed by atoms with van der Waals surface area (Å²) in [7, 11) is 0. The predicted molar refractivity (Wildman–Crippen MR) is 62.5 cm³/mol. The Morgan fingerprint density at radius 2 is 2.25 bits per heavy atom. The third-order valence-electron chi connectivity index (χ3n) is 2.81. The van der Waals surface area contributed by atoms with Gasteiger partial charge in [0.25, 0.3) is 5.91 Å². The second-order valence-electron chi connectivity index (χ2n) is 4.28. The fourth-order valence-corrected chi connectivity index (χ4v) is 1.88. The molecule has 0 bridgehead atoms. The maximum atomic E-state index is 12.2. The SMILES string of the molecule is CCCN(C(=O)c1cccc(O)c1)C1CC1. The van der Waals surface area contributed by atoms with Crippen LogP contribution in [0.2, 0.25) is 0 Å². The smallest absolute Gasteiger partial charge is 0.254 e. The van der Waals surface area contributed by atoms with E-state index in [0.29, 0.717) is 11.6 Å². The van der Waals surface area contributed by atoms with Crippen molar-refractivity contribution in [1.82, 2.24) is 4.90 Å². The number of nitrogens with zero attached hydrogens (tertiary/aromatic N) is 1. The van der Waals surface area contributed by atoms with Crippen molar-refractivity contribution in [2.24, 2.45) is 0 Å². The molecule has 1 aromatic rings. The van der Waals surface area contributed by atoms with Gasteiger partial charge in [0.05, 0.1) is 0 Å². The molecule has 3 heteroatoms. The molecule has 1 amide bonds. The topological polar surface area (TPSA) is 40.5 Å². The lowest BCUT2D eigenvalue weighted by Crippen LogP contribution is -2.33. The predicted octanol–water partition coefficient (Wildman–Crippen LogP) is 2.41. The molecule has 1 N–H and O–H groups in total. The van der Waals surface area contributed by atoms with Gasteiger partial charge in [-0.2, -0.15) is 0 Å². The van der Waals surface area contributed by atoms with E-state index in [9.17, 15) is 9.90 Å². The number of phenolic OH excluding ortho intramolecular Hbond substituents is 1. The Balaban J connectivity index is 2.15. The Bertz CT molecular complexity index is 385. The maximum absolute atomic E-state index is 12.2. The van der Waals surface area contributed by atoms with Crippen molar-refractivity contribution in [3.63, 3.8) is 0 Å². The van der Waals surface area contributed by atoms with Gasteiger partial charge in [-0.05, 0) is 37.5 Å². The van der Waals surface area contributed by atoms with Gasteiger partial charge < -0.3 is 10.0 Å². The molecule has 0 saturated heterocycles. The van der Waals surface area contributed by atoms with E-state index in [1.54, 1.807) is 18.2 Å². The molecular weight excluding hydrogens is 202 g/mol. The van der Waals surface area contributed by atoms with Gasteiger partial charge in [-0.25, -0.2) is 0 Å². The van der Waals surface area contributed by atoms with E-state index in [1.807, 2.05) is 4.90 Å². The summed E-state index contributed by atoms with van der Waals surface area (Å²) in [5.74, 6) is 0.193. The molecule has 2 rings (SSSR count). The summed E-state index contributed by atoms with van der Waals surface area (Å²) < 4.78 is 0. The molecule has 1 saturated carbocycles. The van der Waals surface area contributed by atoms with Crippen molar-refractivity contribution in [2.75, 3.05) is 6.54 Å². The van der Waals surface area contributed by atoms with Crippen LogP contribution in [-0.2, 0) is 0 Å². The average Bonchev–Trinajstić information content (AvgIpc) is 3.09. The highest BCUT2D eigenvalue weighted by atomic mass is 16.3. The molecule has 16 heavy (non-hydrogen) atoms. The summed E-state index contributed by atoms with van der Waals surface area (Å²) in [6.45, 7) is 2.88. The number of hydrogen-bond acceptors (Lipinski definition) is 2. The van der Waals surface area contributed by atoms with Crippen LogP contribution in [-0.4, -0.2) is 28.5 Å². The van der Waals surface area contributed by atoms with E-state index >= 15 is 0 Å². The highest BCUT2D eigenvalue weighted by molar-refractivity contribution is 5.95. The summed E-state index contributed by atoms with van der Waals surface area (Å²) in [4.78, 5) is 14.1. The minimum atomic E-state index is 0.0419. The molecule has 1 aliphatic carbocycles. The number of benzene rings is 1. The first-order valence-corrected chi connectivity index (χ1v) is 5.82. The molecule has 1 aliphatic rings. The summed E-state index contributed by atoms with van der Waals surface area (Å²) in [6.07, 6.45) is 3.20. The largest absolute Gasteiger partial charge is 0.508 e. The zero-order chi connectivity index (χ0) is 11.5. The number of rotatable bonds is 4. The fourth-order valence-electron chi connectivity index (χ4n) is 1.88. The van der Waals surface area contributed by atoms with Crippen molar-refractivity contribution >= 4 is 5.91 Å². The summed E-state index contributed by atoms with van der Waals surface area (Å²) in [5, 5.41) is 9.36. The van der Waals surface area contributed by atoms with Crippen LogP contribution >= 0.6 is 0 Å². The lowest BCUT2D eigenvalue weighted by molar-refractivity contribution is 0.0742. The monoisotopic (exact) mass is 219 g/mol. The van der Waals surface area contributed by atoms with Gasteiger partial charge in [-0.3, -0.25) is 4.79 Å². The van der Waals surface area contributed by atoms with Gasteiger partial charge in [0.15, 0.2) is 0 Å². The number of carbonyl (C=O) groups excluding carboxylic acids is 1. The summed E-state index contributed by atoms with van der Waals surface area (Å²) in [6, 6.07) is 7.01. The second-order valence-corrected chi connectivity index (χ2v) is 4.28. The molecule has 0 aliphatic heterocycles. The van der Waals surface area contributed by atoms with Crippen LogP contribution in [0.15, 0.2) is 24.3 Å². The lowest BCUT2D eigenvalue weighted by atomic mass is 10.2. The Morgan fingerprint density at radius 1 is 1.50 bits per heavy atom. The average molecular weight is 219 g/mol. The second kappa shape index (κ2) is 4.56. The molecule has 86 valence electrons. The third kappa shape index (κ3) is 2.35. The van der Waals surface area contributed by atoms with Crippen molar-refractivity contribution in [1.29, 1.82) is 0 Å². The summed E-state index contributed by atoms with van der Waals surface area (Å²) in [5.41, 5.74) is 0.584. The van der Waals surface area contributed by atoms with Crippen LogP contribution in [0.3, 0.4) is 0 Å². The zero-order valence-electron chi connectivity index (χ0n) is 9.52. The van der Waals surface area contributed by atoms with Crippen LogP contribution < -0.4 is 0 Å². The Morgan fingerprint density at radius 3 is 2.81 bits per heavy atom. The highest BCUT2D eigenvalue weighted by Gasteiger charge is 2.32. The Hall–Kier alpha value is -1.51. The molecule has 0 atom stereocenters. The highest BCUT2D eigenvalue weighted by Crippen LogP contribution is 2.28. The van der Waals surface area contributed by atoms with Gasteiger partial charge in [0.2, 0.25) is 0 Å². The van der Waals surface area contributed by atoms with Crippen LogP contribution in [0.4, 0.5) is 0 Å². The number of carbonyl (C=O) groups is 1. The lowest BCUT2D eigenvalue weighted by Gasteiger charge is -2.21. The van der Waals surface area contributed by atoms with E-state index in [-0.39, 0.29) is 11.7 Å². The molecule has 0 spiro atoms. The third-order valence-corrected chi connectivity index (χ3v) is 2.81. The van der Waals surface area contributed by atoms with E-state index < -0.39 is 0 Å². The van der Waals surface area contributed by atoms with Crippen molar-refractivity contribution in [3.05, 3.63) is 29.8 Å². The van der Waals surface area contributed by atoms with Gasteiger partial charge in [-0.1, -0.05) is 13.0 Å². The van der Waals surface area contributed by atoms with E-state index in [2.05, 4.69) is 6.92 Å². The van der Waals surface area contributed by atoms with Gasteiger partial charge in [0.1, 0.15) is 5.75 Å². The van der Waals surface area contributed by atoms with Gasteiger partial charge in [-0.15, -0.1) is 0 Å². The van der Waals surface area contributed by atoms with Crippen molar-refractivity contribution in [3.8, 4) is 5.75 Å². The molecule has 3 nitrogen and oxygen atoms in total. The first-order valence-electron chi connectivity index (χ1n) is 5.82. The standard InChI is InChI=1S/C13H17NO2/c1-2-8-14(11-6-7-11)13(16)10-4-3-5-12(15)9-10/h3-5,9,11,15H,2,6-8H2,1H3.